The van der Waals surface area contributed by atoms with Crippen molar-refractivity contribution in [3.63, 3.8) is 0 Å². The van der Waals surface area contributed by atoms with Crippen LogP contribution in [0.15, 0.2) is 36.4 Å². The molecular weight excluding hydrogens is 584 g/mol. The number of Topliss-reactive ketones (excluding diaryl/α,β-unsaturated/α-hetero) is 1. The Hall–Kier alpha value is -3.56. The number of rotatable bonds is 16. The topological polar surface area (TPSA) is 126 Å². The Kier molecular flexibility index (Phi) is 12.9. The Labute approximate surface area is 273 Å². The second kappa shape index (κ2) is 16.8. The molecule has 46 heavy (non-hydrogen) atoms. The molecule has 9 heteroatoms. The number of phenols is 2. The normalized spacial score (nSPS) is 20.4. The molecule has 2 aromatic carbocycles. The van der Waals surface area contributed by atoms with Crippen LogP contribution in [0.25, 0.3) is 5.57 Å². The number of fused-ring (bicyclic) bond motifs is 2. The maximum Gasteiger partial charge on any atom is 0.302 e. The molecule has 0 aliphatic heterocycles. The number of phenolic OH excluding ortho intramolecular Hbond substituents is 2. The molecule has 2 aromatic rings. The fourth-order valence-corrected chi connectivity index (χ4v) is 7.36. The number of likely N-dealkylation sites (N-methyl/N-ethyl adjacent to an activating group) is 1. The lowest BCUT2D eigenvalue weighted by molar-refractivity contribution is -0.147. The quantitative estimate of drug-likeness (QED) is 0.167. The molecule has 9 nitrogen and oxygen atoms in total. The summed E-state index contributed by atoms with van der Waals surface area (Å²) >= 11 is 0. The molecule has 2 aliphatic carbocycles. The summed E-state index contributed by atoms with van der Waals surface area (Å²) in [6, 6.07) is 8.94. The molecule has 0 radical (unpaired) electrons. The van der Waals surface area contributed by atoms with Gasteiger partial charge in [0.2, 0.25) is 0 Å². The number of carbonyl (C=O) groups is 2. The SMILES string of the molecule is CCCNC(CNC)C1=CC2CCCCC2C(CC(=O)CC(CCc2ccc(O)c(OC)c2)OC(C)=O)c2cc(OC)c(O)cc21. The van der Waals surface area contributed by atoms with Crippen molar-refractivity contribution in [2.75, 3.05) is 34.4 Å². The highest BCUT2D eigenvalue weighted by Gasteiger charge is 2.39. The number of aryl methyl sites for hydroxylation is 1. The van der Waals surface area contributed by atoms with Gasteiger partial charge in [-0.1, -0.05) is 31.9 Å². The first-order valence-corrected chi connectivity index (χ1v) is 16.7. The first-order valence-electron chi connectivity index (χ1n) is 16.7. The molecule has 5 atom stereocenters. The van der Waals surface area contributed by atoms with Gasteiger partial charge < -0.3 is 35.1 Å². The Morgan fingerprint density at radius 2 is 1.76 bits per heavy atom. The molecule has 2 aliphatic rings. The minimum absolute atomic E-state index is 0.0420. The molecule has 4 N–H and O–H groups in total. The van der Waals surface area contributed by atoms with E-state index in [1.165, 1.54) is 14.0 Å². The molecule has 0 bridgehead atoms. The average Bonchev–Trinajstić information content (AvgIpc) is 3.16. The zero-order valence-electron chi connectivity index (χ0n) is 28.1. The molecule has 5 unspecified atom stereocenters. The monoisotopic (exact) mass is 636 g/mol. The zero-order chi connectivity index (χ0) is 33.2. The van der Waals surface area contributed by atoms with Crippen molar-refractivity contribution in [3.8, 4) is 23.0 Å². The molecule has 1 fully saturated rings. The van der Waals surface area contributed by atoms with E-state index in [1.807, 2.05) is 19.2 Å². The fourth-order valence-electron chi connectivity index (χ4n) is 7.36. The van der Waals surface area contributed by atoms with Gasteiger partial charge in [0.05, 0.1) is 14.2 Å². The van der Waals surface area contributed by atoms with Gasteiger partial charge in [-0.3, -0.25) is 9.59 Å². The lowest BCUT2D eigenvalue weighted by Gasteiger charge is -2.35. The summed E-state index contributed by atoms with van der Waals surface area (Å²) in [4.78, 5) is 26.0. The highest BCUT2D eigenvalue weighted by Crippen LogP contribution is 2.50. The molecule has 0 aromatic heterocycles. The van der Waals surface area contributed by atoms with Crippen molar-refractivity contribution in [3.05, 3.63) is 53.1 Å². The lowest BCUT2D eigenvalue weighted by Crippen LogP contribution is -2.39. The van der Waals surface area contributed by atoms with E-state index in [9.17, 15) is 19.8 Å². The van der Waals surface area contributed by atoms with Crippen molar-refractivity contribution < 1.29 is 34.0 Å². The van der Waals surface area contributed by atoms with Gasteiger partial charge in [-0.25, -0.2) is 0 Å². The van der Waals surface area contributed by atoms with Gasteiger partial charge in [0.25, 0.3) is 0 Å². The number of hydrogen-bond acceptors (Lipinski definition) is 9. The molecule has 4 rings (SSSR count). The van der Waals surface area contributed by atoms with Gasteiger partial charge in [0, 0.05) is 32.4 Å². The average molecular weight is 637 g/mol. The zero-order valence-corrected chi connectivity index (χ0v) is 28.1. The number of esters is 1. The smallest absolute Gasteiger partial charge is 0.302 e. The first-order chi connectivity index (χ1) is 22.2. The highest BCUT2D eigenvalue weighted by molar-refractivity contribution is 5.82. The maximum atomic E-state index is 14.0. The summed E-state index contributed by atoms with van der Waals surface area (Å²) in [7, 11) is 5.00. The minimum Gasteiger partial charge on any atom is -0.504 e. The second-order valence-corrected chi connectivity index (χ2v) is 12.7. The molecule has 0 amide bonds. The van der Waals surface area contributed by atoms with Crippen LogP contribution in [0.5, 0.6) is 23.0 Å². The van der Waals surface area contributed by atoms with Crippen molar-refractivity contribution >= 4 is 17.3 Å². The summed E-state index contributed by atoms with van der Waals surface area (Å²) in [6.45, 7) is 5.12. The van der Waals surface area contributed by atoms with E-state index >= 15 is 0 Å². The van der Waals surface area contributed by atoms with Gasteiger partial charge >= 0.3 is 5.97 Å². The molecule has 1 saturated carbocycles. The van der Waals surface area contributed by atoms with Crippen LogP contribution in [0.2, 0.25) is 0 Å². The number of aromatic hydroxyl groups is 2. The van der Waals surface area contributed by atoms with E-state index in [2.05, 4.69) is 23.6 Å². The lowest BCUT2D eigenvalue weighted by atomic mass is 9.69. The van der Waals surface area contributed by atoms with E-state index in [4.69, 9.17) is 14.2 Å². The molecule has 0 heterocycles. The number of ketones is 1. The van der Waals surface area contributed by atoms with Crippen LogP contribution >= 0.6 is 0 Å². The summed E-state index contributed by atoms with van der Waals surface area (Å²) in [5.41, 5.74) is 4.07. The summed E-state index contributed by atoms with van der Waals surface area (Å²) in [5.74, 6) is 1.04. The Balaban J connectivity index is 1.65. The van der Waals surface area contributed by atoms with E-state index in [0.29, 0.717) is 36.7 Å². The van der Waals surface area contributed by atoms with Crippen LogP contribution in [-0.4, -0.2) is 68.5 Å². The van der Waals surface area contributed by atoms with Crippen molar-refractivity contribution in [2.24, 2.45) is 11.8 Å². The van der Waals surface area contributed by atoms with Crippen LogP contribution in [0.1, 0.15) is 87.8 Å². The summed E-state index contributed by atoms with van der Waals surface area (Å²) in [6.07, 6.45) is 8.63. The van der Waals surface area contributed by atoms with Crippen LogP contribution in [0, 0.1) is 11.8 Å². The van der Waals surface area contributed by atoms with Crippen molar-refractivity contribution in [2.45, 2.75) is 89.7 Å². The molecule has 252 valence electrons. The fraction of sp³-hybridized carbons (Fsp3) is 0.568. The summed E-state index contributed by atoms with van der Waals surface area (Å²) < 4.78 is 16.5. The van der Waals surface area contributed by atoms with Crippen LogP contribution in [-0.2, 0) is 20.7 Å². The molecular formula is C37H52N2O7. The number of ether oxygens (including phenoxy) is 3. The number of allylic oxidation sites excluding steroid dienone is 1. The Morgan fingerprint density at radius 3 is 2.46 bits per heavy atom. The van der Waals surface area contributed by atoms with E-state index in [0.717, 1.165) is 67.5 Å². The Bertz CT molecular complexity index is 1370. The van der Waals surface area contributed by atoms with E-state index in [1.54, 1.807) is 25.3 Å². The van der Waals surface area contributed by atoms with Gasteiger partial charge in [-0.15, -0.1) is 0 Å². The van der Waals surface area contributed by atoms with Crippen LogP contribution in [0.3, 0.4) is 0 Å². The maximum absolute atomic E-state index is 14.0. The second-order valence-electron chi connectivity index (χ2n) is 12.7. The van der Waals surface area contributed by atoms with E-state index < -0.39 is 12.1 Å². The third-order valence-electron chi connectivity index (χ3n) is 9.51. The predicted octanol–water partition coefficient (Wildman–Crippen LogP) is 5.90. The molecule has 0 spiro atoms. The number of benzene rings is 2. The third kappa shape index (κ3) is 8.82. The molecule has 0 saturated heterocycles. The first kappa shape index (κ1) is 35.3. The van der Waals surface area contributed by atoms with E-state index in [-0.39, 0.29) is 41.6 Å². The van der Waals surface area contributed by atoms with Crippen molar-refractivity contribution in [1.29, 1.82) is 0 Å². The van der Waals surface area contributed by atoms with Crippen molar-refractivity contribution in [1.82, 2.24) is 10.6 Å². The number of hydrogen-bond donors (Lipinski definition) is 4. The number of nitrogens with one attached hydrogen (secondary N) is 2. The predicted molar refractivity (Wildman–Crippen MR) is 180 cm³/mol. The largest absolute Gasteiger partial charge is 0.504 e. The third-order valence-corrected chi connectivity index (χ3v) is 9.51. The number of methoxy groups -OCH3 is 2. The standard InChI is InChI=1S/C37H52N2O7/c1-6-15-39-33(22-38-3)32-17-25-9-7-8-10-28(25)29(31-21-37(45-5)35(43)20-30(31)32)19-26(41)18-27(46-23(2)40)13-11-24-12-14-34(42)36(16-24)44-4/h12,14,16-17,20-21,25,27-29,33,38-39,42-43H,6-11,13,15,18-19,22H2,1-5H3. The van der Waals surface area contributed by atoms with Gasteiger partial charge in [-0.2, -0.15) is 0 Å². The van der Waals surface area contributed by atoms with Crippen LogP contribution < -0.4 is 20.1 Å². The highest BCUT2D eigenvalue weighted by atomic mass is 16.5. The van der Waals surface area contributed by atoms with Gasteiger partial charge in [-0.05, 0) is 110 Å². The Morgan fingerprint density at radius 1 is 1.02 bits per heavy atom. The minimum atomic E-state index is -0.571. The van der Waals surface area contributed by atoms with Crippen LogP contribution in [0.4, 0.5) is 0 Å². The summed E-state index contributed by atoms with van der Waals surface area (Å²) in [5, 5.41) is 28.0. The van der Waals surface area contributed by atoms with Gasteiger partial charge in [0.15, 0.2) is 23.0 Å². The van der Waals surface area contributed by atoms with Gasteiger partial charge in [0.1, 0.15) is 11.9 Å². The number of carbonyl (C=O) groups excluding carboxylic acids is 2.